The lowest BCUT2D eigenvalue weighted by Gasteiger charge is -2.09. The third kappa shape index (κ3) is 5.27. The van der Waals surface area contributed by atoms with E-state index in [-0.39, 0.29) is 22.9 Å². The number of carbonyl (C=O) groups excluding carboxylic acids is 2. The van der Waals surface area contributed by atoms with Crippen LogP contribution in [0.4, 0.5) is 5.82 Å². The zero-order valence-electron chi connectivity index (χ0n) is 12.4. The van der Waals surface area contributed by atoms with Crippen LogP contribution in [0.3, 0.4) is 0 Å². The number of benzene rings is 1. The molecule has 0 radical (unpaired) electrons. The predicted molar refractivity (Wildman–Crippen MR) is 89.2 cm³/mol. The molecule has 2 amide bonds. The summed E-state index contributed by atoms with van der Waals surface area (Å²) in [5.41, 5.74) is 6.42. The van der Waals surface area contributed by atoms with Gasteiger partial charge in [-0.05, 0) is 11.6 Å². The van der Waals surface area contributed by atoms with Crippen molar-refractivity contribution in [1.82, 2.24) is 10.3 Å². The zero-order valence-corrected chi connectivity index (χ0v) is 13.1. The molecule has 120 valence electrons. The van der Waals surface area contributed by atoms with Gasteiger partial charge in [0.15, 0.2) is 0 Å². The van der Waals surface area contributed by atoms with Crippen molar-refractivity contribution in [1.29, 1.82) is 0 Å². The molecule has 0 aliphatic rings. The number of primary amides is 1. The summed E-state index contributed by atoms with van der Waals surface area (Å²) in [4.78, 5) is 26.8. The number of nitrogens with two attached hydrogens (primary N) is 1. The molecule has 0 aliphatic carbocycles. The van der Waals surface area contributed by atoms with Crippen LogP contribution in [-0.4, -0.2) is 23.3 Å². The Bertz CT molecular complexity index is 692. The number of anilines is 1. The SMILES string of the molecule is NC(=O)c1cnc(NCCC(=O)NCc2ccccc2)c(Cl)c1. The Hall–Kier alpha value is -2.60. The van der Waals surface area contributed by atoms with Crippen molar-refractivity contribution in [2.75, 3.05) is 11.9 Å². The summed E-state index contributed by atoms with van der Waals surface area (Å²) >= 11 is 6.00. The number of hydrogen-bond acceptors (Lipinski definition) is 4. The van der Waals surface area contributed by atoms with Gasteiger partial charge in [-0.3, -0.25) is 9.59 Å². The molecule has 0 fully saturated rings. The lowest BCUT2D eigenvalue weighted by Crippen LogP contribution is -2.25. The molecule has 1 heterocycles. The minimum atomic E-state index is -0.591. The molecule has 0 aliphatic heterocycles. The first kappa shape index (κ1) is 16.8. The molecule has 0 unspecified atom stereocenters. The fraction of sp³-hybridized carbons (Fsp3) is 0.188. The quantitative estimate of drug-likeness (QED) is 0.722. The first-order valence-corrected chi connectivity index (χ1v) is 7.44. The molecule has 0 saturated heterocycles. The minimum Gasteiger partial charge on any atom is -0.368 e. The number of halogens is 1. The van der Waals surface area contributed by atoms with Gasteiger partial charge in [-0.1, -0.05) is 41.9 Å². The van der Waals surface area contributed by atoms with E-state index in [2.05, 4.69) is 15.6 Å². The van der Waals surface area contributed by atoms with Gasteiger partial charge in [0, 0.05) is 25.7 Å². The molecule has 4 N–H and O–H groups in total. The lowest BCUT2D eigenvalue weighted by atomic mass is 10.2. The Labute approximate surface area is 139 Å². The Morgan fingerprint density at radius 1 is 1.22 bits per heavy atom. The first-order chi connectivity index (χ1) is 11.1. The fourth-order valence-corrected chi connectivity index (χ4v) is 2.12. The Morgan fingerprint density at radius 2 is 1.96 bits per heavy atom. The lowest BCUT2D eigenvalue weighted by molar-refractivity contribution is -0.121. The zero-order chi connectivity index (χ0) is 16.7. The molecule has 6 nitrogen and oxygen atoms in total. The minimum absolute atomic E-state index is 0.0776. The summed E-state index contributed by atoms with van der Waals surface area (Å²) in [5.74, 6) is -0.259. The van der Waals surface area contributed by atoms with Gasteiger partial charge in [-0.2, -0.15) is 0 Å². The highest BCUT2D eigenvalue weighted by molar-refractivity contribution is 6.33. The smallest absolute Gasteiger partial charge is 0.250 e. The number of nitrogens with zero attached hydrogens (tertiary/aromatic N) is 1. The van der Waals surface area contributed by atoms with Crippen LogP contribution in [0.1, 0.15) is 22.3 Å². The second-order valence-corrected chi connectivity index (χ2v) is 5.26. The van der Waals surface area contributed by atoms with E-state index >= 15 is 0 Å². The topological polar surface area (TPSA) is 97.1 Å². The van der Waals surface area contributed by atoms with Crippen LogP contribution in [0.5, 0.6) is 0 Å². The summed E-state index contributed by atoms with van der Waals surface area (Å²) in [6.07, 6.45) is 1.62. The molecule has 2 rings (SSSR count). The molecular weight excluding hydrogens is 316 g/mol. The average molecular weight is 333 g/mol. The molecule has 2 aromatic rings. The maximum absolute atomic E-state index is 11.8. The molecule has 0 saturated carbocycles. The second kappa shape index (κ2) is 8.14. The Kier molecular flexibility index (Phi) is 5.94. The molecule has 0 bridgehead atoms. The maximum Gasteiger partial charge on any atom is 0.250 e. The van der Waals surface area contributed by atoms with Crippen LogP contribution in [0.25, 0.3) is 0 Å². The van der Waals surface area contributed by atoms with Crippen molar-refractivity contribution >= 4 is 29.2 Å². The van der Waals surface area contributed by atoms with Crippen LogP contribution in [-0.2, 0) is 11.3 Å². The van der Waals surface area contributed by atoms with Crippen molar-refractivity contribution in [2.45, 2.75) is 13.0 Å². The van der Waals surface area contributed by atoms with Crippen LogP contribution < -0.4 is 16.4 Å². The third-order valence-electron chi connectivity index (χ3n) is 3.10. The monoisotopic (exact) mass is 332 g/mol. The highest BCUT2D eigenvalue weighted by Gasteiger charge is 2.07. The molecule has 1 aromatic carbocycles. The van der Waals surface area contributed by atoms with Crippen molar-refractivity contribution in [3.8, 4) is 0 Å². The summed E-state index contributed by atoms with van der Waals surface area (Å²) in [7, 11) is 0. The molecule has 23 heavy (non-hydrogen) atoms. The van der Waals surface area contributed by atoms with E-state index in [0.29, 0.717) is 18.9 Å². The number of hydrogen-bond donors (Lipinski definition) is 3. The summed E-state index contributed by atoms with van der Waals surface area (Å²) in [6, 6.07) is 11.1. The highest BCUT2D eigenvalue weighted by atomic mass is 35.5. The Balaban J connectivity index is 1.76. The number of amides is 2. The van der Waals surface area contributed by atoms with E-state index in [1.165, 1.54) is 12.3 Å². The van der Waals surface area contributed by atoms with Crippen molar-refractivity contribution in [2.24, 2.45) is 5.73 Å². The van der Waals surface area contributed by atoms with Crippen LogP contribution in [0.15, 0.2) is 42.6 Å². The van der Waals surface area contributed by atoms with Crippen LogP contribution in [0, 0.1) is 0 Å². The van der Waals surface area contributed by atoms with Gasteiger partial charge in [0.1, 0.15) is 5.82 Å². The van der Waals surface area contributed by atoms with Gasteiger partial charge in [0.2, 0.25) is 11.8 Å². The van der Waals surface area contributed by atoms with Gasteiger partial charge >= 0.3 is 0 Å². The number of carbonyl (C=O) groups is 2. The molecule has 1 aromatic heterocycles. The van der Waals surface area contributed by atoms with E-state index in [9.17, 15) is 9.59 Å². The average Bonchev–Trinajstić information content (AvgIpc) is 2.55. The van der Waals surface area contributed by atoms with E-state index in [0.717, 1.165) is 5.56 Å². The van der Waals surface area contributed by atoms with Gasteiger partial charge < -0.3 is 16.4 Å². The van der Waals surface area contributed by atoms with Gasteiger partial charge in [-0.25, -0.2) is 4.98 Å². The first-order valence-electron chi connectivity index (χ1n) is 7.06. The number of pyridine rings is 1. The van der Waals surface area contributed by atoms with Crippen molar-refractivity contribution < 1.29 is 9.59 Å². The Morgan fingerprint density at radius 3 is 2.61 bits per heavy atom. The molecule has 0 atom stereocenters. The summed E-state index contributed by atoms with van der Waals surface area (Å²) < 4.78 is 0. The predicted octanol–water partition coefficient (Wildman–Crippen LogP) is 1.95. The van der Waals surface area contributed by atoms with Crippen LogP contribution >= 0.6 is 11.6 Å². The van der Waals surface area contributed by atoms with Gasteiger partial charge in [0.25, 0.3) is 0 Å². The second-order valence-electron chi connectivity index (χ2n) is 4.86. The normalized spacial score (nSPS) is 10.1. The fourth-order valence-electron chi connectivity index (χ4n) is 1.88. The van der Waals surface area contributed by atoms with E-state index in [1.807, 2.05) is 30.3 Å². The van der Waals surface area contributed by atoms with Crippen molar-refractivity contribution in [3.05, 3.63) is 58.7 Å². The molecular formula is C16H17ClN4O2. The summed E-state index contributed by atoms with van der Waals surface area (Å²) in [5, 5.41) is 6.07. The van der Waals surface area contributed by atoms with Gasteiger partial charge in [0.05, 0.1) is 10.6 Å². The highest BCUT2D eigenvalue weighted by Crippen LogP contribution is 2.19. The standard InChI is InChI=1S/C16H17ClN4O2/c17-13-8-12(15(18)23)10-21-16(13)19-7-6-14(22)20-9-11-4-2-1-3-5-11/h1-5,8,10H,6-7,9H2,(H2,18,23)(H,19,21)(H,20,22). The van der Waals surface area contributed by atoms with Gasteiger partial charge in [-0.15, -0.1) is 0 Å². The van der Waals surface area contributed by atoms with Crippen LogP contribution in [0.2, 0.25) is 5.02 Å². The number of rotatable bonds is 7. The van der Waals surface area contributed by atoms with E-state index in [1.54, 1.807) is 0 Å². The largest absolute Gasteiger partial charge is 0.368 e. The summed E-state index contributed by atoms with van der Waals surface area (Å²) in [6.45, 7) is 0.870. The van der Waals surface area contributed by atoms with E-state index < -0.39 is 5.91 Å². The van der Waals surface area contributed by atoms with Crippen molar-refractivity contribution in [3.63, 3.8) is 0 Å². The van der Waals surface area contributed by atoms with E-state index in [4.69, 9.17) is 17.3 Å². The number of aromatic nitrogens is 1. The number of nitrogens with one attached hydrogen (secondary N) is 2. The molecule has 7 heteroatoms. The third-order valence-corrected chi connectivity index (χ3v) is 3.39. The molecule has 0 spiro atoms. The maximum atomic E-state index is 11.8.